The van der Waals surface area contributed by atoms with Gasteiger partial charge in [0.25, 0.3) is 0 Å². The molecule has 0 saturated heterocycles. The van der Waals surface area contributed by atoms with Crippen molar-refractivity contribution in [1.29, 1.82) is 0 Å². The molecule has 0 aliphatic heterocycles. The zero-order valence-electron chi connectivity index (χ0n) is 11.7. The Labute approximate surface area is 127 Å². The molecule has 0 bridgehead atoms. The third-order valence-corrected chi connectivity index (χ3v) is 4.41. The van der Waals surface area contributed by atoms with Crippen LogP contribution in [-0.2, 0) is 5.75 Å². The largest absolute Gasteiger partial charge is 0.399 e. The summed E-state index contributed by atoms with van der Waals surface area (Å²) in [5.74, 6) is 1.96. The van der Waals surface area contributed by atoms with Crippen molar-refractivity contribution in [3.8, 4) is 0 Å². The topological polar surface area (TPSA) is 77.8 Å². The molecule has 5 heteroatoms. The number of hydrogen-bond donors (Lipinski definition) is 2. The summed E-state index contributed by atoms with van der Waals surface area (Å²) in [6, 6.07) is 13.7. The van der Waals surface area contributed by atoms with Gasteiger partial charge in [0, 0.05) is 16.0 Å². The minimum atomic E-state index is 0.533. The molecule has 0 saturated carbocycles. The van der Waals surface area contributed by atoms with E-state index >= 15 is 0 Å². The Hall–Kier alpha value is -2.27. The van der Waals surface area contributed by atoms with Gasteiger partial charge >= 0.3 is 0 Å². The molecule has 21 heavy (non-hydrogen) atoms. The number of fused-ring (bicyclic) bond motifs is 1. The van der Waals surface area contributed by atoms with Crippen LogP contribution < -0.4 is 11.5 Å². The van der Waals surface area contributed by atoms with Crippen LogP contribution in [-0.4, -0.2) is 9.97 Å². The number of para-hydroxylation sites is 1. The second kappa shape index (κ2) is 5.61. The minimum Gasteiger partial charge on any atom is -0.399 e. The maximum atomic E-state index is 6.00. The Bertz CT molecular complexity index is 801. The number of aryl methyl sites for hydroxylation is 1. The van der Waals surface area contributed by atoms with Crippen LogP contribution in [0.3, 0.4) is 0 Å². The Morgan fingerprint density at radius 3 is 2.67 bits per heavy atom. The third-order valence-electron chi connectivity index (χ3n) is 3.23. The molecule has 1 aromatic heterocycles. The molecule has 106 valence electrons. The molecule has 3 aromatic rings. The van der Waals surface area contributed by atoms with Gasteiger partial charge in [-0.3, -0.25) is 0 Å². The van der Waals surface area contributed by atoms with Gasteiger partial charge < -0.3 is 11.5 Å². The molecule has 0 spiro atoms. The number of nitrogens with zero attached hydrogens (tertiary/aromatic N) is 2. The van der Waals surface area contributed by atoms with Crippen LogP contribution in [0.4, 0.5) is 11.5 Å². The van der Waals surface area contributed by atoms with Gasteiger partial charge in [0.2, 0.25) is 0 Å². The fourth-order valence-electron chi connectivity index (χ4n) is 2.19. The van der Waals surface area contributed by atoms with Crippen molar-refractivity contribution in [2.75, 3.05) is 11.5 Å². The average Bonchev–Trinajstić information content (AvgIpc) is 2.46. The monoisotopic (exact) mass is 296 g/mol. The Morgan fingerprint density at radius 1 is 1.05 bits per heavy atom. The van der Waals surface area contributed by atoms with E-state index in [0.717, 1.165) is 28.0 Å². The summed E-state index contributed by atoms with van der Waals surface area (Å²) >= 11 is 1.69. The number of benzene rings is 2. The lowest BCUT2D eigenvalue weighted by Crippen LogP contribution is -2.00. The highest BCUT2D eigenvalue weighted by atomic mass is 32.2. The first-order valence-electron chi connectivity index (χ1n) is 6.63. The van der Waals surface area contributed by atoms with Crippen molar-refractivity contribution in [3.05, 3.63) is 53.9 Å². The SMILES string of the molecule is Cc1cc(N)ccc1SCc1nc(N)c2ccccc2n1. The van der Waals surface area contributed by atoms with E-state index in [9.17, 15) is 0 Å². The minimum absolute atomic E-state index is 0.533. The van der Waals surface area contributed by atoms with Crippen LogP contribution in [0, 0.1) is 6.92 Å². The molecule has 2 aromatic carbocycles. The van der Waals surface area contributed by atoms with Crippen LogP contribution in [0.25, 0.3) is 10.9 Å². The average molecular weight is 296 g/mol. The second-order valence-corrected chi connectivity index (χ2v) is 5.87. The molecule has 0 atom stereocenters. The fourth-order valence-corrected chi connectivity index (χ4v) is 3.06. The van der Waals surface area contributed by atoms with Crippen molar-refractivity contribution in [1.82, 2.24) is 9.97 Å². The van der Waals surface area contributed by atoms with E-state index in [2.05, 4.69) is 9.97 Å². The Kier molecular flexibility index (Phi) is 3.66. The van der Waals surface area contributed by atoms with E-state index in [1.165, 1.54) is 4.90 Å². The predicted molar refractivity (Wildman–Crippen MR) is 89.1 cm³/mol. The molecule has 1 heterocycles. The summed E-state index contributed by atoms with van der Waals surface area (Å²) < 4.78 is 0. The first-order chi connectivity index (χ1) is 10.1. The highest BCUT2D eigenvalue weighted by Gasteiger charge is 2.06. The van der Waals surface area contributed by atoms with E-state index < -0.39 is 0 Å². The molecule has 0 amide bonds. The predicted octanol–water partition coefficient (Wildman–Crippen LogP) is 3.39. The number of rotatable bonds is 3. The Balaban J connectivity index is 1.85. The third kappa shape index (κ3) is 2.92. The molecule has 0 radical (unpaired) electrons. The molecule has 0 unspecified atom stereocenters. The number of hydrogen-bond acceptors (Lipinski definition) is 5. The molecule has 0 aliphatic carbocycles. The number of nitrogen functional groups attached to an aromatic ring is 2. The number of anilines is 2. The molecule has 0 aliphatic rings. The quantitative estimate of drug-likeness (QED) is 0.572. The van der Waals surface area contributed by atoms with Crippen LogP contribution in [0.2, 0.25) is 0 Å². The van der Waals surface area contributed by atoms with Gasteiger partial charge in [-0.25, -0.2) is 9.97 Å². The van der Waals surface area contributed by atoms with Crippen LogP contribution >= 0.6 is 11.8 Å². The highest BCUT2D eigenvalue weighted by Crippen LogP contribution is 2.27. The molecular weight excluding hydrogens is 280 g/mol. The number of thioether (sulfide) groups is 1. The van der Waals surface area contributed by atoms with E-state index in [0.29, 0.717) is 11.6 Å². The van der Waals surface area contributed by atoms with E-state index in [4.69, 9.17) is 11.5 Å². The zero-order chi connectivity index (χ0) is 14.8. The van der Waals surface area contributed by atoms with Crippen molar-refractivity contribution in [3.63, 3.8) is 0 Å². The molecule has 0 fully saturated rings. The molecule has 4 N–H and O–H groups in total. The number of nitrogens with two attached hydrogens (primary N) is 2. The van der Waals surface area contributed by atoms with Gasteiger partial charge in [0.15, 0.2) is 0 Å². The van der Waals surface area contributed by atoms with Crippen molar-refractivity contribution in [2.24, 2.45) is 0 Å². The summed E-state index contributed by atoms with van der Waals surface area (Å²) in [5.41, 5.74) is 14.6. The lowest BCUT2D eigenvalue weighted by molar-refractivity contribution is 1.07. The summed E-state index contributed by atoms with van der Waals surface area (Å²) in [6.45, 7) is 2.05. The smallest absolute Gasteiger partial charge is 0.141 e. The molecule has 3 rings (SSSR count). The fraction of sp³-hybridized carbons (Fsp3) is 0.125. The molecular formula is C16H16N4S. The summed E-state index contributed by atoms with van der Waals surface area (Å²) in [7, 11) is 0. The van der Waals surface area contributed by atoms with E-state index in [1.807, 2.05) is 49.4 Å². The normalized spacial score (nSPS) is 10.9. The van der Waals surface area contributed by atoms with Crippen molar-refractivity contribution in [2.45, 2.75) is 17.6 Å². The summed E-state index contributed by atoms with van der Waals surface area (Å²) in [4.78, 5) is 10.1. The van der Waals surface area contributed by atoms with Crippen LogP contribution in [0.15, 0.2) is 47.4 Å². The van der Waals surface area contributed by atoms with Crippen molar-refractivity contribution >= 4 is 34.2 Å². The first kappa shape index (κ1) is 13.7. The lowest BCUT2D eigenvalue weighted by Gasteiger charge is -2.07. The van der Waals surface area contributed by atoms with E-state index in [1.54, 1.807) is 11.8 Å². The maximum absolute atomic E-state index is 6.00. The van der Waals surface area contributed by atoms with Gasteiger partial charge in [-0.1, -0.05) is 12.1 Å². The van der Waals surface area contributed by atoms with Gasteiger partial charge in [0.05, 0.1) is 11.3 Å². The first-order valence-corrected chi connectivity index (χ1v) is 7.62. The molecule has 4 nitrogen and oxygen atoms in total. The lowest BCUT2D eigenvalue weighted by atomic mass is 10.2. The van der Waals surface area contributed by atoms with Gasteiger partial charge in [-0.15, -0.1) is 11.8 Å². The van der Waals surface area contributed by atoms with Gasteiger partial charge in [0.1, 0.15) is 11.6 Å². The second-order valence-electron chi connectivity index (χ2n) is 4.86. The van der Waals surface area contributed by atoms with Gasteiger partial charge in [-0.05, 0) is 42.8 Å². The van der Waals surface area contributed by atoms with Crippen molar-refractivity contribution < 1.29 is 0 Å². The van der Waals surface area contributed by atoms with Gasteiger partial charge in [-0.2, -0.15) is 0 Å². The summed E-state index contributed by atoms with van der Waals surface area (Å²) in [6.07, 6.45) is 0. The van der Waals surface area contributed by atoms with Crippen LogP contribution in [0.1, 0.15) is 11.4 Å². The van der Waals surface area contributed by atoms with E-state index in [-0.39, 0.29) is 0 Å². The zero-order valence-corrected chi connectivity index (χ0v) is 12.5. The summed E-state index contributed by atoms with van der Waals surface area (Å²) in [5, 5.41) is 0.898. The Morgan fingerprint density at radius 2 is 1.86 bits per heavy atom. The van der Waals surface area contributed by atoms with Crippen LogP contribution in [0.5, 0.6) is 0 Å². The number of aromatic nitrogens is 2. The standard InChI is InChI=1S/C16H16N4S/c1-10-8-11(17)6-7-14(10)21-9-15-19-13-5-3-2-4-12(13)16(18)20-15/h2-8H,9,17H2,1H3,(H2,18,19,20). The maximum Gasteiger partial charge on any atom is 0.141 e. The highest BCUT2D eigenvalue weighted by molar-refractivity contribution is 7.98.